The van der Waals surface area contributed by atoms with E-state index < -0.39 is 10.2 Å². The molecule has 1 N–H and O–H groups in total. The predicted molar refractivity (Wildman–Crippen MR) is 128 cm³/mol. The molecule has 3 aromatic rings. The van der Waals surface area contributed by atoms with E-state index in [2.05, 4.69) is 5.32 Å². The van der Waals surface area contributed by atoms with Gasteiger partial charge >= 0.3 is 0 Å². The summed E-state index contributed by atoms with van der Waals surface area (Å²) in [5.74, 6) is -0.0680. The number of fused-ring (bicyclic) bond motifs is 3. The summed E-state index contributed by atoms with van der Waals surface area (Å²) in [5.41, 5.74) is 1.38. The van der Waals surface area contributed by atoms with Gasteiger partial charge in [0.1, 0.15) is 4.83 Å². The molecule has 0 fully saturated rings. The molecule has 1 aliphatic carbocycles. The number of anilines is 1. The monoisotopic (exact) mass is 472 g/mol. The Morgan fingerprint density at radius 3 is 2.84 bits per heavy atom. The van der Waals surface area contributed by atoms with Crippen molar-refractivity contribution in [2.24, 2.45) is 5.92 Å². The highest BCUT2D eigenvalue weighted by Gasteiger charge is 2.25. The molecule has 4 rings (SSSR count). The number of nitro groups is 1. The first-order chi connectivity index (χ1) is 15.2. The zero-order valence-electron chi connectivity index (χ0n) is 18.1. The van der Waals surface area contributed by atoms with Gasteiger partial charge in [-0.25, -0.2) is 4.98 Å². The SMILES string of the molecule is CC(C)Cn1c(SC(C)C(=O)Nc2cccc([N+](=O)[O-])c2)nc2sc3c(c2c1=O)CCC3. The van der Waals surface area contributed by atoms with E-state index in [0.717, 1.165) is 35.0 Å². The fraction of sp³-hybridized carbons (Fsp3) is 0.409. The number of nitrogens with one attached hydrogen (secondary N) is 1. The molecule has 2 heterocycles. The van der Waals surface area contributed by atoms with E-state index in [9.17, 15) is 19.7 Å². The van der Waals surface area contributed by atoms with Crippen LogP contribution in [0.4, 0.5) is 11.4 Å². The van der Waals surface area contributed by atoms with Crippen LogP contribution in [0.3, 0.4) is 0 Å². The maximum absolute atomic E-state index is 13.4. The number of hydrogen-bond donors (Lipinski definition) is 1. The Morgan fingerprint density at radius 2 is 2.12 bits per heavy atom. The molecule has 168 valence electrons. The van der Waals surface area contributed by atoms with Crippen LogP contribution >= 0.6 is 23.1 Å². The number of carbonyl (C=O) groups excluding carboxylic acids is 1. The van der Waals surface area contributed by atoms with E-state index in [4.69, 9.17) is 4.98 Å². The molecule has 8 nitrogen and oxygen atoms in total. The van der Waals surface area contributed by atoms with E-state index in [0.29, 0.717) is 17.4 Å². The molecule has 1 amide bonds. The lowest BCUT2D eigenvalue weighted by atomic mass is 10.2. The molecule has 0 saturated carbocycles. The van der Waals surface area contributed by atoms with Crippen molar-refractivity contribution in [3.05, 3.63) is 55.2 Å². The van der Waals surface area contributed by atoms with Crippen molar-refractivity contribution in [1.82, 2.24) is 9.55 Å². The van der Waals surface area contributed by atoms with Gasteiger partial charge < -0.3 is 5.32 Å². The summed E-state index contributed by atoms with van der Waals surface area (Å²) in [6.07, 6.45) is 2.99. The summed E-state index contributed by atoms with van der Waals surface area (Å²) in [5, 5.41) is 14.4. The molecule has 0 aliphatic heterocycles. The van der Waals surface area contributed by atoms with E-state index >= 15 is 0 Å². The summed E-state index contributed by atoms with van der Waals surface area (Å²) in [6.45, 7) is 6.35. The Bertz CT molecular complexity index is 1260. The number of nitro benzene ring substituents is 1. The smallest absolute Gasteiger partial charge is 0.271 e. The molecule has 1 aromatic carbocycles. The summed E-state index contributed by atoms with van der Waals surface area (Å²) < 4.78 is 1.69. The number of hydrogen-bond acceptors (Lipinski definition) is 7. The third kappa shape index (κ3) is 4.42. The Kier molecular flexibility index (Phi) is 6.34. The number of thioether (sulfide) groups is 1. The molecule has 1 atom stereocenters. The first kappa shape index (κ1) is 22.5. The molecule has 0 radical (unpaired) electrons. The number of carbonyl (C=O) groups is 1. The number of aryl methyl sites for hydroxylation is 2. The molecule has 32 heavy (non-hydrogen) atoms. The average Bonchev–Trinajstić information content (AvgIpc) is 3.31. The first-order valence-electron chi connectivity index (χ1n) is 10.5. The average molecular weight is 473 g/mol. The molecule has 0 bridgehead atoms. The minimum atomic E-state index is -0.552. The van der Waals surface area contributed by atoms with E-state index in [1.807, 2.05) is 13.8 Å². The molecule has 10 heteroatoms. The number of thiophene rings is 1. The van der Waals surface area contributed by atoms with Gasteiger partial charge in [0, 0.05) is 29.2 Å². The Balaban J connectivity index is 1.62. The largest absolute Gasteiger partial charge is 0.325 e. The fourth-order valence-corrected chi connectivity index (χ4v) is 6.05. The van der Waals surface area contributed by atoms with Gasteiger partial charge in [0.15, 0.2) is 5.16 Å². The van der Waals surface area contributed by atoms with E-state index in [-0.39, 0.29) is 23.1 Å². The summed E-state index contributed by atoms with van der Waals surface area (Å²) in [7, 11) is 0. The molecule has 0 spiro atoms. The Hall–Kier alpha value is -2.72. The van der Waals surface area contributed by atoms with Crippen molar-refractivity contribution in [2.45, 2.75) is 57.0 Å². The standard InChI is InChI=1S/C22H24N4O4S2/c1-12(2)11-25-21(28)18-16-8-5-9-17(16)32-20(18)24-22(25)31-13(3)19(27)23-14-6-4-7-15(10-14)26(29)30/h4,6-7,10,12-13H,5,8-9,11H2,1-3H3,(H,23,27). The van der Waals surface area contributed by atoms with E-state index in [1.165, 1.54) is 34.8 Å². The van der Waals surface area contributed by atoms with Gasteiger partial charge in [-0.15, -0.1) is 11.3 Å². The van der Waals surface area contributed by atoms with Crippen LogP contribution in [0.2, 0.25) is 0 Å². The summed E-state index contributed by atoms with van der Waals surface area (Å²) in [4.78, 5) is 43.4. The van der Waals surface area contributed by atoms with Crippen molar-refractivity contribution in [2.75, 3.05) is 5.32 Å². The van der Waals surface area contributed by atoms with Crippen LogP contribution in [0.15, 0.2) is 34.2 Å². The second kappa shape index (κ2) is 9.03. The first-order valence-corrected chi connectivity index (χ1v) is 12.2. The molecule has 0 saturated heterocycles. The Labute approximate surface area is 193 Å². The zero-order valence-corrected chi connectivity index (χ0v) is 19.7. The molecule has 1 unspecified atom stereocenters. The zero-order chi connectivity index (χ0) is 23.0. The minimum absolute atomic E-state index is 0.0307. The van der Waals surface area contributed by atoms with Gasteiger partial charge in [-0.2, -0.15) is 0 Å². The number of nitrogens with zero attached hydrogens (tertiary/aromatic N) is 3. The van der Waals surface area contributed by atoms with Crippen molar-refractivity contribution in [3.8, 4) is 0 Å². The Morgan fingerprint density at radius 1 is 1.34 bits per heavy atom. The topological polar surface area (TPSA) is 107 Å². The highest BCUT2D eigenvalue weighted by Crippen LogP contribution is 2.36. The lowest BCUT2D eigenvalue weighted by molar-refractivity contribution is -0.384. The maximum atomic E-state index is 13.4. The van der Waals surface area contributed by atoms with Crippen molar-refractivity contribution in [3.63, 3.8) is 0 Å². The third-order valence-corrected chi connectivity index (χ3v) is 7.59. The molecule has 1 aliphatic rings. The van der Waals surface area contributed by atoms with Gasteiger partial charge in [0.25, 0.3) is 11.2 Å². The van der Waals surface area contributed by atoms with Crippen molar-refractivity contribution < 1.29 is 9.72 Å². The minimum Gasteiger partial charge on any atom is -0.325 e. The third-order valence-electron chi connectivity index (χ3n) is 5.31. The predicted octanol–water partition coefficient (Wildman–Crippen LogP) is 4.63. The van der Waals surface area contributed by atoms with Gasteiger partial charge in [-0.05, 0) is 43.7 Å². The van der Waals surface area contributed by atoms with Crippen LogP contribution in [0.5, 0.6) is 0 Å². The van der Waals surface area contributed by atoms with Crippen LogP contribution in [-0.4, -0.2) is 25.6 Å². The van der Waals surface area contributed by atoms with Crippen molar-refractivity contribution in [1.29, 1.82) is 0 Å². The van der Waals surface area contributed by atoms with Crippen LogP contribution in [0, 0.1) is 16.0 Å². The quantitative estimate of drug-likeness (QED) is 0.232. The number of rotatable bonds is 7. The fourth-order valence-electron chi connectivity index (χ4n) is 3.83. The number of non-ortho nitro benzene ring substituents is 1. The second-order valence-corrected chi connectivity index (χ2v) is 10.7. The van der Waals surface area contributed by atoms with Crippen LogP contribution < -0.4 is 10.9 Å². The van der Waals surface area contributed by atoms with E-state index in [1.54, 1.807) is 28.9 Å². The number of benzene rings is 1. The van der Waals surface area contributed by atoms with Crippen LogP contribution in [0.25, 0.3) is 10.2 Å². The van der Waals surface area contributed by atoms with Gasteiger partial charge in [-0.1, -0.05) is 31.7 Å². The lowest BCUT2D eigenvalue weighted by Gasteiger charge is -2.17. The lowest BCUT2D eigenvalue weighted by Crippen LogP contribution is -2.28. The highest BCUT2D eigenvalue weighted by molar-refractivity contribution is 8.00. The maximum Gasteiger partial charge on any atom is 0.271 e. The van der Waals surface area contributed by atoms with Crippen molar-refractivity contribution >= 4 is 50.6 Å². The summed E-state index contributed by atoms with van der Waals surface area (Å²) >= 11 is 2.81. The molecular formula is C22H24N4O4S2. The van der Waals surface area contributed by atoms with Gasteiger partial charge in [0.05, 0.1) is 15.6 Å². The summed E-state index contributed by atoms with van der Waals surface area (Å²) in [6, 6.07) is 5.82. The van der Waals surface area contributed by atoms with Gasteiger partial charge in [0.2, 0.25) is 5.91 Å². The number of amides is 1. The normalized spacial score (nSPS) is 14.0. The van der Waals surface area contributed by atoms with Crippen LogP contribution in [0.1, 0.15) is 37.6 Å². The highest BCUT2D eigenvalue weighted by atomic mass is 32.2. The molecular weight excluding hydrogens is 448 g/mol. The van der Waals surface area contributed by atoms with Crippen LogP contribution in [-0.2, 0) is 24.2 Å². The number of aromatic nitrogens is 2. The second-order valence-electron chi connectivity index (χ2n) is 8.30. The molecule has 2 aromatic heterocycles. The van der Waals surface area contributed by atoms with Gasteiger partial charge in [-0.3, -0.25) is 24.3 Å².